The third-order valence-corrected chi connectivity index (χ3v) is 15.0. The fraction of sp³-hybridized carbons (Fsp3) is 0.100. The molecule has 1 nitrogen and oxygen atoms in total. The van der Waals surface area contributed by atoms with E-state index in [1.165, 1.54) is 98.1 Å². The van der Waals surface area contributed by atoms with Crippen LogP contribution in [-0.4, -0.2) is 0 Å². The molecule has 296 valence electrons. The van der Waals surface area contributed by atoms with Gasteiger partial charge in [0.25, 0.3) is 0 Å². The van der Waals surface area contributed by atoms with E-state index in [0.29, 0.717) is 0 Å². The molecule has 0 aliphatic heterocycles. The Morgan fingerprint density at radius 2 is 0.823 bits per heavy atom. The molecule has 0 radical (unpaired) electrons. The minimum Gasteiger partial charge on any atom is -0.311 e. The van der Waals surface area contributed by atoms with Crippen molar-refractivity contribution in [2.45, 2.75) is 38.5 Å². The Morgan fingerprint density at radius 1 is 0.339 bits per heavy atom. The van der Waals surface area contributed by atoms with Crippen molar-refractivity contribution in [1.29, 1.82) is 0 Å². The molecular formula is C60H45NS. The van der Waals surface area contributed by atoms with Crippen LogP contribution in [0.3, 0.4) is 0 Å². The second kappa shape index (κ2) is 13.8. The predicted octanol–water partition coefficient (Wildman–Crippen LogP) is 17.1. The maximum atomic E-state index is 2.45. The zero-order valence-corrected chi connectivity index (χ0v) is 36.2. The van der Waals surface area contributed by atoms with Gasteiger partial charge in [-0.15, -0.1) is 11.3 Å². The standard InChI is InChI=1S/C60H45NS/c1-59(2)52-33-25-42(36-50(52)57-53(59)34-35-56-58(57)49-15-9-11-17-55(49)62-56)40-20-28-45(29-21-40)61(44-26-18-39(19-27-44)38-12-6-5-7-13-38)46-30-22-41(23-31-46)43-24-32-48-47-14-8-10-16-51(47)60(3,4)54(48)37-43/h5-37H,1-4H3. The van der Waals surface area contributed by atoms with Gasteiger partial charge in [-0.25, -0.2) is 0 Å². The monoisotopic (exact) mass is 811 g/mol. The van der Waals surface area contributed by atoms with Gasteiger partial charge in [0.1, 0.15) is 0 Å². The SMILES string of the molecule is CC1(C)c2ccccc2-c2ccc(-c3ccc(N(c4ccc(-c5ccccc5)cc4)c4ccc(-c5ccc6c(c5)-c5c(ccc7sc8ccccc8c57)C6(C)C)cc4)cc3)cc21. The summed E-state index contributed by atoms with van der Waals surface area (Å²) in [5.74, 6) is 0. The third kappa shape index (κ3) is 5.60. The molecule has 0 saturated carbocycles. The van der Waals surface area contributed by atoms with E-state index in [1.54, 1.807) is 0 Å². The Kier molecular flexibility index (Phi) is 8.17. The summed E-state index contributed by atoms with van der Waals surface area (Å²) in [5, 5.41) is 2.75. The van der Waals surface area contributed by atoms with E-state index in [1.807, 2.05) is 11.3 Å². The van der Waals surface area contributed by atoms with Crippen LogP contribution in [-0.2, 0) is 10.8 Å². The summed E-state index contributed by atoms with van der Waals surface area (Å²) in [4.78, 5) is 2.38. The molecule has 10 aromatic rings. The van der Waals surface area contributed by atoms with Gasteiger partial charge in [-0.05, 0) is 139 Å². The zero-order valence-electron chi connectivity index (χ0n) is 35.4. The number of benzene rings is 9. The molecule has 62 heavy (non-hydrogen) atoms. The van der Waals surface area contributed by atoms with Crippen molar-refractivity contribution in [1.82, 2.24) is 0 Å². The number of anilines is 3. The Bertz CT molecular complexity index is 3370. The van der Waals surface area contributed by atoms with Gasteiger partial charge < -0.3 is 4.90 Å². The minimum atomic E-state index is -0.0701. The highest BCUT2D eigenvalue weighted by Crippen LogP contribution is 2.55. The van der Waals surface area contributed by atoms with E-state index in [4.69, 9.17) is 0 Å². The lowest BCUT2D eigenvalue weighted by Crippen LogP contribution is -2.14. The molecular weight excluding hydrogens is 767 g/mol. The number of hydrogen-bond acceptors (Lipinski definition) is 2. The average molecular weight is 812 g/mol. The third-order valence-electron chi connectivity index (χ3n) is 13.9. The lowest BCUT2D eigenvalue weighted by atomic mass is 9.81. The van der Waals surface area contributed by atoms with E-state index in [2.05, 4.69) is 233 Å². The molecule has 1 heterocycles. The highest BCUT2D eigenvalue weighted by Gasteiger charge is 2.38. The van der Waals surface area contributed by atoms with Crippen LogP contribution >= 0.6 is 11.3 Å². The van der Waals surface area contributed by atoms with Crippen molar-refractivity contribution in [3.8, 4) is 55.6 Å². The van der Waals surface area contributed by atoms with Gasteiger partial charge in [-0.3, -0.25) is 0 Å². The van der Waals surface area contributed by atoms with Crippen LogP contribution in [0, 0.1) is 0 Å². The van der Waals surface area contributed by atoms with Gasteiger partial charge in [0.15, 0.2) is 0 Å². The van der Waals surface area contributed by atoms with Crippen molar-refractivity contribution in [3.05, 3.63) is 222 Å². The second-order valence-electron chi connectivity index (χ2n) is 18.1. The van der Waals surface area contributed by atoms with Gasteiger partial charge in [0.2, 0.25) is 0 Å². The quantitative estimate of drug-likeness (QED) is 0.162. The van der Waals surface area contributed by atoms with E-state index in [0.717, 1.165) is 17.1 Å². The van der Waals surface area contributed by atoms with Crippen LogP contribution in [0.15, 0.2) is 200 Å². The number of fused-ring (bicyclic) bond motifs is 10. The second-order valence-corrected chi connectivity index (χ2v) is 19.2. The number of nitrogens with zero attached hydrogens (tertiary/aromatic N) is 1. The van der Waals surface area contributed by atoms with Crippen LogP contribution in [0.1, 0.15) is 49.9 Å². The lowest BCUT2D eigenvalue weighted by molar-refractivity contribution is 0.660. The lowest BCUT2D eigenvalue weighted by Gasteiger charge is -2.26. The molecule has 0 saturated heterocycles. The Morgan fingerprint density at radius 3 is 1.52 bits per heavy atom. The molecule has 0 unspecified atom stereocenters. The van der Waals surface area contributed by atoms with Crippen molar-refractivity contribution in [2.24, 2.45) is 0 Å². The first-order valence-electron chi connectivity index (χ1n) is 21.7. The summed E-state index contributed by atoms with van der Waals surface area (Å²) in [6.45, 7) is 9.46. The molecule has 2 aliphatic carbocycles. The van der Waals surface area contributed by atoms with Crippen LogP contribution < -0.4 is 4.90 Å². The highest BCUT2D eigenvalue weighted by atomic mass is 32.1. The van der Waals surface area contributed by atoms with Crippen LogP contribution in [0.2, 0.25) is 0 Å². The zero-order chi connectivity index (χ0) is 41.7. The fourth-order valence-corrected chi connectivity index (χ4v) is 11.7. The van der Waals surface area contributed by atoms with Crippen LogP contribution in [0.25, 0.3) is 75.8 Å². The van der Waals surface area contributed by atoms with Gasteiger partial charge >= 0.3 is 0 Å². The van der Waals surface area contributed by atoms with Crippen molar-refractivity contribution in [3.63, 3.8) is 0 Å². The van der Waals surface area contributed by atoms with Crippen molar-refractivity contribution >= 4 is 48.6 Å². The van der Waals surface area contributed by atoms with Crippen LogP contribution in [0.4, 0.5) is 17.1 Å². The molecule has 1 aromatic heterocycles. The molecule has 12 rings (SSSR count). The first-order valence-corrected chi connectivity index (χ1v) is 22.6. The minimum absolute atomic E-state index is 0.0387. The summed E-state index contributed by atoms with van der Waals surface area (Å²) in [6.07, 6.45) is 0. The summed E-state index contributed by atoms with van der Waals surface area (Å²) in [7, 11) is 0. The maximum absolute atomic E-state index is 2.45. The summed E-state index contributed by atoms with van der Waals surface area (Å²) < 4.78 is 2.71. The van der Waals surface area contributed by atoms with Crippen molar-refractivity contribution < 1.29 is 0 Å². The molecule has 2 aliphatic rings. The Balaban J connectivity index is 0.919. The molecule has 0 bridgehead atoms. The molecule has 0 N–H and O–H groups in total. The molecule has 0 spiro atoms. The topological polar surface area (TPSA) is 3.24 Å². The summed E-state index contributed by atoms with van der Waals surface area (Å²) in [5.41, 5.74) is 21.6. The smallest absolute Gasteiger partial charge is 0.0462 e. The molecule has 9 aromatic carbocycles. The van der Waals surface area contributed by atoms with Gasteiger partial charge in [-0.2, -0.15) is 0 Å². The highest BCUT2D eigenvalue weighted by molar-refractivity contribution is 7.26. The molecule has 0 fully saturated rings. The molecule has 0 atom stereocenters. The summed E-state index contributed by atoms with van der Waals surface area (Å²) >= 11 is 1.90. The largest absolute Gasteiger partial charge is 0.311 e. The number of hydrogen-bond donors (Lipinski definition) is 0. The molecule has 0 amide bonds. The van der Waals surface area contributed by atoms with Crippen molar-refractivity contribution in [2.75, 3.05) is 4.90 Å². The number of rotatable bonds is 6. The normalized spacial score (nSPS) is 14.1. The van der Waals surface area contributed by atoms with E-state index < -0.39 is 0 Å². The Hall–Kier alpha value is -7.00. The van der Waals surface area contributed by atoms with Gasteiger partial charge in [0.05, 0.1) is 0 Å². The average Bonchev–Trinajstić information content (AvgIpc) is 3.89. The number of thiophene rings is 1. The van der Waals surface area contributed by atoms with E-state index >= 15 is 0 Å². The first kappa shape index (κ1) is 36.8. The van der Waals surface area contributed by atoms with Gasteiger partial charge in [0, 0.05) is 48.1 Å². The van der Waals surface area contributed by atoms with E-state index in [-0.39, 0.29) is 10.8 Å². The summed E-state index contributed by atoms with van der Waals surface area (Å²) in [6, 6.07) is 74.5. The van der Waals surface area contributed by atoms with Gasteiger partial charge in [-0.1, -0.05) is 167 Å². The van der Waals surface area contributed by atoms with E-state index in [9.17, 15) is 0 Å². The first-order chi connectivity index (χ1) is 30.2. The van der Waals surface area contributed by atoms with Crippen LogP contribution in [0.5, 0.6) is 0 Å². The predicted molar refractivity (Wildman–Crippen MR) is 265 cm³/mol. The maximum Gasteiger partial charge on any atom is 0.0462 e. The Labute approximate surface area is 368 Å². The molecule has 2 heteroatoms. The fourth-order valence-electron chi connectivity index (χ4n) is 10.6.